The molecule has 0 fully saturated rings. The first-order valence-electron chi connectivity index (χ1n) is 10.4. The predicted molar refractivity (Wildman–Crippen MR) is 122 cm³/mol. The Morgan fingerprint density at radius 3 is 2.82 bits per heavy atom. The summed E-state index contributed by atoms with van der Waals surface area (Å²) in [6.45, 7) is 0.938. The zero-order valence-corrected chi connectivity index (χ0v) is 17.7. The largest absolute Gasteiger partial charge is 0.488 e. The summed E-state index contributed by atoms with van der Waals surface area (Å²) in [4.78, 5) is 25.7. The van der Waals surface area contributed by atoms with Gasteiger partial charge in [0, 0.05) is 30.6 Å². The van der Waals surface area contributed by atoms with Gasteiger partial charge < -0.3 is 24.5 Å². The lowest BCUT2D eigenvalue weighted by atomic mass is 10.1. The van der Waals surface area contributed by atoms with Gasteiger partial charge in [-0.25, -0.2) is 9.97 Å². The molecule has 6 rings (SSSR count). The maximum absolute atomic E-state index is 6.17. The lowest BCUT2D eigenvalue weighted by Gasteiger charge is -2.11. The number of anilines is 1. The topological polar surface area (TPSA) is 120 Å². The highest BCUT2D eigenvalue weighted by Crippen LogP contribution is 2.35. The van der Waals surface area contributed by atoms with Crippen LogP contribution in [0.4, 0.5) is 5.95 Å². The fourth-order valence-corrected chi connectivity index (χ4v) is 3.75. The molecule has 0 unspecified atom stereocenters. The average molecular weight is 441 g/mol. The van der Waals surface area contributed by atoms with Gasteiger partial charge in [0.25, 0.3) is 0 Å². The summed E-state index contributed by atoms with van der Waals surface area (Å²) in [5, 5.41) is 3.76. The van der Waals surface area contributed by atoms with Crippen molar-refractivity contribution in [2.24, 2.45) is 0 Å². The van der Waals surface area contributed by atoms with E-state index in [1.165, 1.54) is 0 Å². The normalized spacial score (nSPS) is 13.4. The van der Waals surface area contributed by atoms with E-state index < -0.39 is 0 Å². The number of nitrogens with zero attached hydrogens (tertiary/aromatic N) is 5. The van der Waals surface area contributed by atoms with E-state index in [0.717, 1.165) is 33.1 Å². The van der Waals surface area contributed by atoms with E-state index in [4.69, 9.17) is 14.2 Å². The molecule has 0 radical (unpaired) electrons. The van der Waals surface area contributed by atoms with Crippen molar-refractivity contribution in [3.63, 3.8) is 0 Å². The van der Waals surface area contributed by atoms with Crippen molar-refractivity contribution < 1.29 is 14.2 Å². The molecule has 2 N–H and O–H groups in total. The Bertz CT molecular complexity index is 1480. The summed E-state index contributed by atoms with van der Waals surface area (Å²) in [5.74, 6) is 1.98. The number of H-pyrrole nitrogens is 1. The Balaban J connectivity index is 1.54. The molecule has 1 aromatic carbocycles. The van der Waals surface area contributed by atoms with E-state index in [-0.39, 0.29) is 6.61 Å². The van der Waals surface area contributed by atoms with Gasteiger partial charge in [0.15, 0.2) is 0 Å². The van der Waals surface area contributed by atoms with E-state index in [9.17, 15) is 0 Å². The maximum Gasteiger partial charge on any atom is 0.233 e. The maximum atomic E-state index is 6.17. The Morgan fingerprint density at radius 1 is 0.939 bits per heavy atom. The molecule has 5 heterocycles. The molecule has 5 aromatic rings. The molecule has 10 heteroatoms. The van der Waals surface area contributed by atoms with Crippen molar-refractivity contribution >= 4 is 28.0 Å². The molecule has 33 heavy (non-hydrogen) atoms. The highest BCUT2D eigenvalue weighted by Gasteiger charge is 2.17. The van der Waals surface area contributed by atoms with Crippen molar-refractivity contribution in [1.82, 2.24) is 29.9 Å². The van der Waals surface area contributed by atoms with Gasteiger partial charge in [0.05, 0.1) is 28.8 Å². The Labute approximate surface area is 188 Å². The van der Waals surface area contributed by atoms with Crippen LogP contribution in [0, 0.1) is 0 Å². The number of nitrogens with one attached hydrogen (secondary N) is 2. The van der Waals surface area contributed by atoms with Crippen LogP contribution in [-0.4, -0.2) is 50.2 Å². The molecular weight excluding hydrogens is 422 g/mol. The minimum atomic E-state index is 0.270. The first kappa shape index (κ1) is 19.2. The van der Waals surface area contributed by atoms with Gasteiger partial charge in [-0.1, -0.05) is 6.07 Å². The Kier molecular flexibility index (Phi) is 4.60. The van der Waals surface area contributed by atoms with Crippen LogP contribution in [0.15, 0.2) is 49.1 Å². The first-order valence-corrected chi connectivity index (χ1v) is 10.4. The number of fused-ring (bicyclic) bond motifs is 5. The van der Waals surface area contributed by atoms with E-state index in [2.05, 4.69) is 35.2 Å². The second-order valence-electron chi connectivity index (χ2n) is 7.45. The van der Waals surface area contributed by atoms with Gasteiger partial charge in [-0.15, -0.1) is 0 Å². The zero-order chi connectivity index (χ0) is 22.2. The molecule has 1 aliphatic rings. The van der Waals surface area contributed by atoms with Crippen molar-refractivity contribution in [3.05, 3.63) is 54.6 Å². The highest BCUT2D eigenvalue weighted by molar-refractivity contribution is 5.99. The fourth-order valence-electron chi connectivity index (χ4n) is 3.75. The van der Waals surface area contributed by atoms with E-state index >= 15 is 0 Å². The van der Waals surface area contributed by atoms with Crippen LogP contribution in [0.25, 0.3) is 33.2 Å². The number of aromatic amines is 1. The van der Waals surface area contributed by atoms with Crippen LogP contribution in [0.1, 0.15) is 5.56 Å². The number of hydrogen-bond donors (Lipinski definition) is 2. The average Bonchev–Trinajstić information content (AvgIpc) is 3.28. The third kappa shape index (κ3) is 3.61. The van der Waals surface area contributed by atoms with Crippen LogP contribution < -0.4 is 19.5 Å². The number of benzene rings is 1. The standard InChI is InChI=1S/C23H19N7O3/c1-24-23-29-21-20-16(10-27-21)14-2-3-17-18(7-14)28-19(11-26-17)32-5-4-31-15-6-13(8-25-9-15)12-33-22(20)30-23/h2-3,6-11H,4-5,12H2,1H3,(H2,24,27,29,30). The van der Waals surface area contributed by atoms with Gasteiger partial charge >= 0.3 is 0 Å². The van der Waals surface area contributed by atoms with Crippen LogP contribution in [-0.2, 0) is 6.61 Å². The van der Waals surface area contributed by atoms with Gasteiger partial charge in [0.1, 0.15) is 31.2 Å². The zero-order valence-electron chi connectivity index (χ0n) is 17.7. The van der Waals surface area contributed by atoms with Gasteiger partial charge in [-0.2, -0.15) is 9.97 Å². The summed E-state index contributed by atoms with van der Waals surface area (Å²) >= 11 is 0. The number of rotatable bonds is 1. The molecule has 164 valence electrons. The number of aromatic nitrogens is 6. The van der Waals surface area contributed by atoms with Crippen molar-refractivity contribution in [2.45, 2.75) is 6.61 Å². The summed E-state index contributed by atoms with van der Waals surface area (Å²) in [6, 6.07) is 7.77. The minimum absolute atomic E-state index is 0.270. The number of ether oxygens (including phenoxy) is 3. The van der Waals surface area contributed by atoms with Crippen LogP contribution in [0.5, 0.6) is 17.5 Å². The summed E-state index contributed by atoms with van der Waals surface area (Å²) in [5.41, 5.74) is 4.84. The molecule has 0 aliphatic carbocycles. The molecule has 0 amide bonds. The molecule has 0 saturated carbocycles. The SMILES string of the molecule is CNc1nc2c3c(c[nH]c3n1)-c1ccc3ncc(nc3c1)OCCOc1cncc(c1)CO2. The van der Waals surface area contributed by atoms with E-state index in [0.29, 0.717) is 42.3 Å². The second kappa shape index (κ2) is 7.90. The van der Waals surface area contributed by atoms with Crippen LogP contribution in [0.3, 0.4) is 0 Å². The van der Waals surface area contributed by atoms with Gasteiger partial charge in [-0.05, 0) is 23.8 Å². The summed E-state index contributed by atoms with van der Waals surface area (Å²) in [6.07, 6.45) is 6.90. The van der Waals surface area contributed by atoms with Crippen LogP contribution >= 0.6 is 0 Å². The van der Waals surface area contributed by atoms with Crippen molar-refractivity contribution in [2.75, 3.05) is 25.6 Å². The molecular formula is C23H19N7O3. The lowest BCUT2D eigenvalue weighted by Crippen LogP contribution is -2.10. The first-order chi connectivity index (χ1) is 16.3. The highest BCUT2D eigenvalue weighted by atomic mass is 16.5. The van der Waals surface area contributed by atoms with E-state index in [1.807, 2.05) is 30.5 Å². The Morgan fingerprint density at radius 2 is 1.88 bits per heavy atom. The summed E-state index contributed by atoms with van der Waals surface area (Å²) < 4.78 is 17.7. The van der Waals surface area contributed by atoms with Crippen molar-refractivity contribution in [1.29, 1.82) is 0 Å². The number of pyridine rings is 1. The third-order valence-corrected chi connectivity index (χ3v) is 5.30. The molecule has 0 spiro atoms. The molecule has 5 bridgehead atoms. The van der Waals surface area contributed by atoms with E-state index in [1.54, 1.807) is 25.6 Å². The van der Waals surface area contributed by atoms with Gasteiger partial charge in [0.2, 0.25) is 17.7 Å². The van der Waals surface area contributed by atoms with Gasteiger partial charge in [-0.3, -0.25) is 4.98 Å². The quantitative estimate of drug-likeness (QED) is 0.403. The second-order valence-corrected chi connectivity index (χ2v) is 7.45. The predicted octanol–water partition coefficient (Wildman–Crippen LogP) is 3.36. The van der Waals surface area contributed by atoms with Crippen molar-refractivity contribution in [3.8, 4) is 28.6 Å². The fraction of sp³-hybridized carbons (Fsp3) is 0.174. The number of hydrogen-bond acceptors (Lipinski definition) is 9. The monoisotopic (exact) mass is 441 g/mol. The van der Waals surface area contributed by atoms with Crippen LogP contribution in [0.2, 0.25) is 0 Å². The Hall–Kier alpha value is -4.47. The molecule has 10 nitrogen and oxygen atoms in total. The molecule has 0 atom stereocenters. The third-order valence-electron chi connectivity index (χ3n) is 5.30. The molecule has 1 aliphatic heterocycles. The molecule has 0 saturated heterocycles. The lowest BCUT2D eigenvalue weighted by molar-refractivity contribution is 0.211. The minimum Gasteiger partial charge on any atom is -0.488 e. The smallest absolute Gasteiger partial charge is 0.233 e. The summed E-state index contributed by atoms with van der Waals surface area (Å²) in [7, 11) is 1.77. The molecule has 4 aromatic heterocycles.